The van der Waals surface area contributed by atoms with Crippen LogP contribution in [0.1, 0.15) is 0 Å². The molecule has 0 aliphatic rings. The van der Waals surface area contributed by atoms with Crippen LogP contribution in [0.15, 0.2) is 11.1 Å². The number of hydrogen-bond donors (Lipinski definition) is 7. The highest BCUT2D eigenvalue weighted by atomic mass is 33.1. The van der Waals surface area contributed by atoms with E-state index in [1.807, 2.05) is 0 Å². The van der Waals surface area contributed by atoms with E-state index in [4.69, 9.17) is 27.4 Å². The molecular formula is C11H17N7O5S2. The summed E-state index contributed by atoms with van der Waals surface area (Å²) in [4.78, 5) is 44.1. The van der Waals surface area contributed by atoms with Crippen molar-refractivity contribution in [2.45, 2.75) is 12.1 Å². The summed E-state index contributed by atoms with van der Waals surface area (Å²) < 4.78 is 0. The number of aromatic nitrogens is 4. The molecule has 14 heteroatoms. The first-order valence-corrected chi connectivity index (χ1v) is 9.11. The average Bonchev–Trinajstić information content (AvgIpc) is 3.00. The second-order valence-corrected chi connectivity index (χ2v) is 7.06. The quantitative estimate of drug-likeness (QED) is 0.209. The summed E-state index contributed by atoms with van der Waals surface area (Å²) in [6.45, 7) is 0. The highest BCUT2D eigenvalue weighted by Gasteiger charge is 2.14. The zero-order chi connectivity index (χ0) is 19.0. The van der Waals surface area contributed by atoms with Gasteiger partial charge in [0.2, 0.25) is 5.95 Å². The number of fused-ring (bicyclic) bond motifs is 1. The highest BCUT2D eigenvalue weighted by Crippen LogP contribution is 2.22. The maximum atomic E-state index is 11.0. The Bertz CT molecular complexity index is 758. The molecule has 0 radical (unpaired) electrons. The summed E-state index contributed by atoms with van der Waals surface area (Å²) in [6.07, 6.45) is 1.40. The molecule has 2 atom stereocenters. The normalized spacial score (nSPS) is 12.9. The monoisotopic (exact) mass is 391 g/mol. The number of nitrogens with one attached hydrogen (secondary N) is 2. The van der Waals surface area contributed by atoms with Gasteiger partial charge < -0.3 is 32.4 Å². The molecule has 0 aliphatic heterocycles. The van der Waals surface area contributed by atoms with Crippen LogP contribution in [0.5, 0.6) is 0 Å². The van der Waals surface area contributed by atoms with E-state index in [0.29, 0.717) is 11.2 Å². The van der Waals surface area contributed by atoms with Gasteiger partial charge in [0.25, 0.3) is 5.56 Å². The highest BCUT2D eigenvalue weighted by molar-refractivity contribution is 8.76. The number of anilines is 1. The lowest BCUT2D eigenvalue weighted by Gasteiger charge is -2.07. The van der Waals surface area contributed by atoms with Crippen molar-refractivity contribution in [1.82, 2.24) is 19.9 Å². The molecular weight excluding hydrogens is 374 g/mol. The topological polar surface area (TPSA) is 227 Å². The number of H-pyrrole nitrogens is 2. The first-order valence-electron chi connectivity index (χ1n) is 6.62. The molecule has 0 amide bonds. The number of carbonyl (C=O) groups is 2. The molecule has 0 fully saturated rings. The molecule has 2 aromatic rings. The second kappa shape index (κ2) is 9.87. The van der Waals surface area contributed by atoms with Crippen molar-refractivity contribution < 1.29 is 19.8 Å². The largest absolute Gasteiger partial charge is 0.480 e. The van der Waals surface area contributed by atoms with E-state index in [2.05, 4.69) is 19.9 Å². The maximum absolute atomic E-state index is 11.0. The van der Waals surface area contributed by atoms with Crippen molar-refractivity contribution in [2.75, 3.05) is 17.2 Å². The van der Waals surface area contributed by atoms with Crippen LogP contribution in [0, 0.1) is 0 Å². The van der Waals surface area contributed by atoms with Crippen LogP contribution < -0.4 is 22.8 Å². The molecule has 0 bridgehead atoms. The predicted molar refractivity (Wildman–Crippen MR) is 95.1 cm³/mol. The molecule has 25 heavy (non-hydrogen) atoms. The predicted octanol–water partition coefficient (Wildman–Crippen LogP) is -1.58. The van der Waals surface area contributed by atoms with E-state index in [1.54, 1.807) is 0 Å². The maximum Gasteiger partial charge on any atom is 0.321 e. The van der Waals surface area contributed by atoms with Gasteiger partial charge in [-0.25, -0.2) is 4.98 Å². The van der Waals surface area contributed by atoms with Gasteiger partial charge in [0.1, 0.15) is 12.1 Å². The number of nitrogens with zero attached hydrogens (tertiary/aromatic N) is 2. The van der Waals surface area contributed by atoms with Crippen molar-refractivity contribution in [3.8, 4) is 0 Å². The number of rotatable bonds is 7. The number of imidazole rings is 1. The average molecular weight is 391 g/mol. The zero-order valence-electron chi connectivity index (χ0n) is 12.7. The Morgan fingerprint density at radius 2 is 1.68 bits per heavy atom. The van der Waals surface area contributed by atoms with Gasteiger partial charge in [-0.3, -0.25) is 19.4 Å². The molecule has 0 unspecified atom stereocenters. The summed E-state index contributed by atoms with van der Waals surface area (Å²) >= 11 is 0. The third-order valence-electron chi connectivity index (χ3n) is 2.53. The van der Waals surface area contributed by atoms with E-state index in [9.17, 15) is 14.4 Å². The zero-order valence-corrected chi connectivity index (χ0v) is 14.3. The van der Waals surface area contributed by atoms with E-state index >= 15 is 0 Å². The number of nitrogen functional groups attached to an aromatic ring is 1. The molecule has 0 aliphatic carbocycles. The molecule has 12 nitrogen and oxygen atoms in total. The van der Waals surface area contributed by atoms with Gasteiger partial charge in [-0.2, -0.15) is 4.98 Å². The van der Waals surface area contributed by atoms with Crippen LogP contribution in [0.4, 0.5) is 5.95 Å². The molecule has 2 heterocycles. The van der Waals surface area contributed by atoms with Crippen LogP contribution in [0.3, 0.4) is 0 Å². The summed E-state index contributed by atoms with van der Waals surface area (Å²) in [5, 5.41) is 16.8. The van der Waals surface area contributed by atoms with E-state index in [-0.39, 0.29) is 23.0 Å². The molecule has 0 saturated heterocycles. The molecule has 10 N–H and O–H groups in total. The number of aromatic amines is 2. The van der Waals surface area contributed by atoms with Crippen LogP contribution in [-0.2, 0) is 9.59 Å². The summed E-state index contributed by atoms with van der Waals surface area (Å²) in [6, 6.07) is -1.85. The fourth-order valence-corrected chi connectivity index (χ4v) is 3.47. The van der Waals surface area contributed by atoms with Gasteiger partial charge in [-0.1, -0.05) is 21.6 Å². The molecule has 138 valence electrons. The third-order valence-corrected chi connectivity index (χ3v) is 5.00. The summed E-state index contributed by atoms with van der Waals surface area (Å²) in [5.41, 5.74) is 16.1. The lowest BCUT2D eigenvalue weighted by molar-refractivity contribution is -0.138. The van der Waals surface area contributed by atoms with Gasteiger partial charge in [0, 0.05) is 11.5 Å². The van der Waals surface area contributed by atoms with Crippen LogP contribution >= 0.6 is 21.6 Å². The Kier molecular flexibility index (Phi) is 8.20. The first kappa shape index (κ1) is 20.8. The number of carboxylic acid groups (broad SMARTS) is 2. The summed E-state index contributed by atoms with van der Waals surface area (Å²) in [5.74, 6) is -1.60. The minimum absolute atomic E-state index is 0.0783. The lowest BCUT2D eigenvalue weighted by Crippen LogP contribution is -2.33. The number of aliphatic carboxylic acids is 2. The minimum atomic E-state index is -1.07. The van der Waals surface area contributed by atoms with Crippen molar-refractivity contribution in [3.63, 3.8) is 0 Å². The Morgan fingerprint density at radius 1 is 1.16 bits per heavy atom. The Hall–Kier alpha value is -2.29. The fourth-order valence-electron chi connectivity index (χ4n) is 1.25. The van der Waals surface area contributed by atoms with Crippen LogP contribution in [-0.4, -0.2) is 65.7 Å². The number of hydrogen-bond acceptors (Lipinski definition) is 10. The lowest BCUT2D eigenvalue weighted by atomic mass is 10.4. The Balaban J connectivity index is 0.000000255. The van der Waals surface area contributed by atoms with E-state index in [0.717, 1.165) is 0 Å². The molecule has 2 rings (SSSR count). The summed E-state index contributed by atoms with van der Waals surface area (Å²) in [7, 11) is 2.41. The van der Waals surface area contributed by atoms with Gasteiger partial charge in [-0.15, -0.1) is 0 Å². The molecule has 0 spiro atoms. The minimum Gasteiger partial charge on any atom is -0.480 e. The van der Waals surface area contributed by atoms with Crippen molar-refractivity contribution >= 4 is 50.6 Å². The van der Waals surface area contributed by atoms with Gasteiger partial charge in [0.15, 0.2) is 11.2 Å². The second-order valence-electron chi connectivity index (χ2n) is 4.51. The van der Waals surface area contributed by atoms with Gasteiger partial charge in [-0.05, 0) is 0 Å². The van der Waals surface area contributed by atoms with E-state index in [1.165, 1.54) is 27.9 Å². The van der Waals surface area contributed by atoms with Crippen molar-refractivity contribution in [2.24, 2.45) is 11.5 Å². The third kappa shape index (κ3) is 7.00. The Morgan fingerprint density at radius 3 is 2.16 bits per heavy atom. The standard InChI is InChI=1S/C6H12N2O4S2.C5H5N5O/c7-3(5(9)10)1-13-14-2-4(8)6(11)12;6-5-9-3-2(4(11)10-5)7-1-8-3/h3-4H,1-2,7-8H2,(H,9,10)(H,11,12);1H,(H4,6,7,8,9,10,11)/t3-,4-;/m0./s1. The van der Waals surface area contributed by atoms with Crippen LogP contribution in [0.25, 0.3) is 11.2 Å². The van der Waals surface area contributed by atoms with Crippen molar-refractivity contribution in [1.29, 1.82) is 0 Å². The smallest absolute Gasteiger partial charge is 0.321 e. The van der Waals surface area contributed by atoms with Gasteiger partial charge in [0.05, 0.1) is 6.33 Å². The molecule has 0 aromatic carbocycles. The number of nitrogens with two attached hydrogens (primary N) is 3. The van der Waals surface area contributed by atoms with Crippen molar-refractivity contribution in [3.05, 3.63) is 16.7 Å². The molecule has 0 saturated carbocycles. The Labute approximate surface area is 148 Å². The molecule has 2 aromatic heterocycles. The SMILES string of the molecule is N[C@@H](CSSC[C@H](N)C(=O)O)C(=O)O.Nc1nc2nc[nH]c2c(=O)[nH]1. The fraction of sp³-hybridized carbons (Fsp3) is 0.364. The van der Waals surface area contributed by atoms with Gasteiger partial charge >= 0.3 is 11.9 Å². The first-order chi connectivity index (χ1) is 11.7. The number of carboxylic acids is 2. The van der Waals surface area contributed by atoms with Crippen LogP contribution in [0.2, 0.25) is 0 Å². The van der Waals surface area contributed by atoms with E-state index < -0.39 is 24.0 Å².